The van der Waals surface area contributed by atoms with E-state index in [-0.39, 0.29) is 17.2 Å². The first-order valence-corrected chi connectivity index (χ1v) is 12.2. The van der Waals surface area contributed by atoms with E-state index in [1.54, 1.807) is 36.4 Å². The van der Waals surface area contributed by atoms with Crippen LogP contribution in [0.1, 0.15) is 75.1 Å². The molecule has 0 saturated carbocycles. The number of carbonyl (C=O) groups excluding carboxylic acids is 2. The standard InChI is InChI=1S/C30H36N2O3/c1-7-29(3,4)27(33)21-9-11-22(12-10-21)28(34)31-23-13-17-25(18-14-23)35-26-19-15-24(16-20-26)32-30(5,6)8-2/h9-20,32H,7-8H2,1-6H3,(H,31,34). The average Bonchev–Trinajstić information content (AvgIpc) is 2.86. The van der Waals surface area contributed by atoms with Gasteiger partial charge in [0.2, 0.25) is 0 Å². The molecule has 1 amide bonds. The van der Waals surface area contributed by atoms with E-state index in [0.717, 1.165) is 24.3 Å². The van der Waals surface area contributed by atoms with Crippen LogP contribution >= 0.6 is 0 Å². The van der Waals surface area contributed by atoms with Crippen molar-refractivity contribution in [3.05, 3.63) is 83.9 Å². The number of anilines is 2. The fourth-order valence-electron chi connectivity index (χ4n) is 3.36. The molecule has 3 aromatic carbocycles. The third-order valence-electron chi connectivity index (χ3n) is 6.48. The second kappa shape index (κ2) is 10.8. The van der Waals surface area contributed by atoms with Crippen LogP contribution in [-0.2, 0) is 0 Å². The highest BCUT2D eigenvalue weighted by Crippen LogP contribution is 2.27. The van der Waals surface area contributed by atoms with Gasteiger partial charge >= 0.3 is 0 Å². The monoisotopic (exact) mass is 472 g/mol. The molecular weight excluding hydrogens is 436 g/mol. The molecule has 0 unspecified atom stereocenters. The first-order valence-electron chi connectivity index (χ1n) is 12.2. The molecule has 0 aromatic heterocycles. The lowest BCUT2D eigenvalue weighted by Gasteiger charge is -2.26. The number of Topliss-reactive ketones (excluding diaryl/α,β-unsaturated/α-hetero) is 1. The number of nitrogens with one attached hydrogen (secondary N) is 2. The molecule has 0 spiro atoms. The third kappa shape index (κ3) is 6.95. The van der Waals surface area contributed by atoms with Gasteiger partial charge in [-0.3, -0.25) is 9.59 Å². The molecule has 184 valence electrons. The van der Waals surface area contributed by atoms with E-state index in [4.69, 9.17) is 4.74 Å². The first kappa shape index (κ1) is 26.0. The third-order valence-corrected chi connectivity index (χ3v) is 6.48. The minimum absolute atomic E-state index is 0.0358. The van der Waals surface area contributed by atoms with Crippen molar-refractivity contribution in [1.82, 2.24) is 0 Å². The number of carbonyl (C=O) groups is 2. The number of amides is 1. The predicted molar refractivity (Wildman–Crippen MR) is 144 cm³/mol. The van der Waals surface area contributed by atoms with Crippen LogP contribution in [0.2, 0.25) is 0 Å². The van der Waals surface area contributed by atoms with Crippen LogP contribution in [0.3, 0.4) is 0 Å². The topological polar surface area (TPSA) is 67.4 Å². The summed E-state index contributed by atoms with van der Waals surface area (Å²) in [6, 6.07) is 21.9. The van der Waals surface area contributed by atoms with Crippen LogP contribution in [0.15, 0.2) is 72.8 Å². The number of hydrogen-bond donors (Lipinski definition) is 2. The number of hydrogen-bond acceptors (Lipinski definition) is 4. The number of ketones is 1. The molecule has 0 fully saturated rings. The van der Waals surface area contributed by atoms with E-state index in [9.17, 15) is 9.59 Å². The van der Waals surface area contributed by atoms with Gasteiger partial charge in [-0.05, 0) is 87.4 Å². The molecule has 3 aromatic rings. The van der Waals surface area contributed by atoms with E-state index < -0.39 is 5.41 Å². The molecule has 2 N–H and O–H groups in total. The van der Waals surface area contributed by atoms with Gasteiger partial charge in [0.15, 0.2) is 5.78 Å². The second-order valence-corrected chi connectivity index (χ2v) is 10.1. The van der Waals surface area contributed by atoms with E-state index in [0.29, 0.717) is 22.6 Å². The Bertz CT molecular complexity index is 1150. The lowest BCUT2D eigenvalue weighted by molar-refractivity contribution is 0.0832. The maximum atomic E-state index is 12.6. The average molecular weight is 473 g/mol. The van der Waals surface area contributed by atoms with Crippen LogP contribution in [0.25, 0.3) is 0 Å². The van der Waals surface area contributed by atoms with E-state index in [1.807, 2.05) is 57.2 Å². The molecule has 3 rings (SSSR count). The largest absolute Gasteiger partial charge is 0.457 e. The van der Waals surface area contributed by atoms with Crippen molar-refractivity contribution in [1.29, 1.82) is 0 Å². The summed E-state index contributed by atoms with van der Waals surface area (Å²) < 4.78 is 5.93. The summed E-state index contributed by atoms with van der Waals surface area (Å²) in [6.07, 6.45) is 1.78. The first-order chi connectivity index (χ1) is 16.5. The zero-order valence-corrected chi connectivity index (χ0v) is 21.6. The Morgan fingerprint density at radius 1 is 0.686 bits per heavy atom. The van der Waals surface area contributed by atoms with Crippen molar-refractivity contribution >= 4 is 23.1 Å². The molecule has 5 heteroatoms. The van der Waals surface area contributed by atoms with Gasteiger partial charge < -0.3 is 15.4 Å². The van der Waals surface area contributed by atoms with Gasteiger partial charge in [-0.2, -0.15) is 0 Å². The molecule has 5 nitrogen and oxygen atoms in total. The Hall–Kier alpha value is -3.60. The van der Waals surface area contributed by atoms with Crippen molar-refractivity contribution in [3.63, 3.8) is 0 Å². The number of rotatable bonds is 10. The Labute approximate surface area is 208 Å². The van der Waals surface area contributed by atoms with Gasteiger partial charge in [0, 0.05) is 33.5 Å². The molecule has 0 atom stereocenters. The summed E-state index contributed by atoms with van der Waals surface area (Å²) in [5.74, 6) is 1.27. The van der Waals surface area contributed by atoms with Crippen molar-refractivity contribution < 1.29 is 14.3 Å². The summed E-state index contributed by atoms with van der Waals surface area (Å²) in [5.41, 5.74) is 2.45. The molecular formula is C30H36N2O3. The van der Waals surface area contributed by atoms with Crippen LogP contribution in [0.5, 0.6) is 11.5 Å². The molecule has 0 aliphatic heterocycles. The minimum atomic E-state index is -0.418. The lowest BCUT2D eigenvalue weighted by atomic mass is 9.82. The summed E-state index contributed by atoms with van der Waals surface area (Å²) >= 11 is 0. The lowest BCUT2D eigenvalue weighted by Crippen LogP contribution is -2.29. The van der Waals surface area contributed by atoms with Gasteiger partial charge in [0.25, 0.3) is 5.91 Å². The zero-order chi connectivity index (χ0) is 25.6. The Balaban J connectivity index is 1.58. The van der Waals surface area contributed by atoms with Crippen LogP contribution in [0.4, 0.5) is 11.4 Å². The van der Waals surface area contributed by atoms with Gasteiger partial charge in [-0.1, -0.05) is 39.8 Å². The van der Waals surface area contributed by atoms with E-state index in [2.05, 4.69) is 31.4 Å². The normalized spacial score (nSPS) is 11.6. The van der Waals surface area contributed by atoms with Crippen molar-refractivity contribution in [2.45, 2.75) is 59.9 Å². The van der Waals surface area contributed by atoms with Gasteiger partial charge in [-0.15, -0.1) is 0 Å². The Morgan fingerprint density at radius 2 is 1.17 bits per heavy atom. The van der Waals surface area contributed by atoms with Gasteiger partial charge in [0.05, 0.1) is 0 Å². The van der Waals surface area contributed by atoms with Crippen LogP contribution in [0, 0.1) is 5.41 Å². The van der Waals surface area contributed by atoms with Gasteiger partial charge in [-0.25, -0.2) is 0 Å². The highest BCUT2D eigenvalue weighted by atomic mass is 16.5. The summed E-state index contributed by atoms with van der Waals surface area (Å²) in [5, 5.41) is 6.39. The fraction of sp³-hybridized carbons (Fsp3) is 0.333. The smallest absolute Gasteiger partial charge is 0.255 e. The molecule has 0 saturated heterocycles. The number of ether oxygens (including phenoxy) is 1. The van der Waals surface area contributed by atoms with Crippen LogP contribution < -0.4 is 15.4 Å². The summed E-state index contributed by atoms with van der Waals surface area (Å²) in [4.78, 5) is 25.2. The molecule has 0 radical (unpaired) electrons. The van der Waals surface area contributed by atoms with Gasteiger partial charge in [0.1, 0.15) is 11.5 Å². The zero-order valence-electron chi connectivity index (χ0n) is 21.6. The number of benzene rings is 3. The maximum absolute atomic E-state index is 12.6. The van der Waals surface area contributed by atoms with Crippen molar-refractivity contribution in [2.24, 2.45) is 5.41 Å². The van der Waals surface area contributed by atoms with E-state index in [1.165, 1.54) is 0 Å². The fourth-order valence-corrected chi connectivity index (χ4v) is 3.36. The molecule has 0 aliphatic rings. The quantitative estimate of drug-likeness (QED) is 0.294. The highest BCUT2D eigenvalue weighted by molar-refractivity contribution is 6.05. The molecule has 0 aliphatic carbocycles. The second-order valence-electron chi connectivity index (χ2n) is 10.1. The van der Waals surface area contributed by atoms with Crippen molar-refractivity contribution in [2.75, 3.05) is 10.6 Å². The summed E-state index contributed by atoms with van der Waals surface area (Å²) in [6.45, 7) is 12.4. The SMILES string of the molecule is CCC(C)(C)Nc1ccc(Oc2ccc(NC(=O)c3ccc(C(=O)C(C)(C)CC)cc3)cc2)cc1. The predicted octanol–water partition coefficient (Wildman–Crippen LogP) is 7.95. The highest BCUT2D eigenvalue weighted by Gasteiger charge is 2.26. The minimum Gasteiger partial charge on any atom is -0.457 e. The van der Waals surface area contributed by atoms with Crippen molar-refractivity contribution in [3.8, 4) is 11.5 Å². The Kier molecular flexibility index (Phi) is 8.00. The summed E-state index contributed by atoms with van der Waals surface area (Å²) in [7, 11) is 0. The van der Waals surface area contributed by atoms with Crippen LogP contribution in [-0.4, -0.2) is 17.2 Å². The molecule has 0 heterocycles. The Morgan fingerprint density at radius 3 is 1.66 bits per heavy atom. The molecule has 35 heavy (non-hydrogen) atoms. The van der Waals surface area contributed by atoms with E-state index >= 15 is 0 Å². The maximum Gasteiger partial charge on any atom is 0.255 e. The molecule has 0 bridgehead atoms.